The van der Waals surface area contributed by atoms with E-state index in [9.17, 15) is 0 Å². The third-order valence-electron chi connectivity index (χ3n) is 1.91. The zero-order chi connectivity index (χ0) is 12.0. The van der Waals surface area contributed by atoms with Gasteiger partial charge in [0.25, 0.3) is 0 Å². The van der Waals surface area contributed by atoms with Crippen LogP contribution in [0.15, 0.2) is 24.3 Å². The Balaban J connectivity index is 2.46. The molecule has 0 bridgehead atoms. The third-order valence-corrected chi connectivity index (χ3v) is 2.42. The second-order valence-corrected chi connectivity index (χ2v) is 3.91. The Morgan fingerprint density at radius 1 is 1.06 bits per heavy atom. The number of hydrogen-bond acceptors (Lipinski definition) is 2. The van der Waals surface area contributed by atoms with Gasteiger partial charge in [-0.15, -0.1) is 0 Å². The fourth-order valence-electron chi connectivity index (χ4n) is 1.04. The molecule has 4 N–H and O–H groups in total. The molecule has 86 valence electrons. The van der Waals surface area contributed by atoms with Crippen LogP contribution in [0.5, 0.6) is 0 Å². The predicted octanol–water partition coefficient (Wildman–Crippen LogP) is 1.29. The standard InChI is InChI=1S/C10H14N4S2/c1-7-5-3-4-6-8(7)12-10(16)14-13-9(15)11-2/h3-6H,1-2H3,(H2,11,13,15)(H2,12,14,16). The third kappa shape index (κ3) is 4.00. The van der Waals surface area contributed by atoms with Gasteiger partial charge in [0.2, 0.25) is 0 Å². The van der Waals surface area contributed by atoms with Crippen LogP contribution in [0.2, 0.25) is 0 Å². The van der Waals surface area contributed by atoms with Crippen LogP contribution in [0.25, 0.3) is 0 Å². The first-order valence-electron chi connectivity index (χ1n) is 4.74. The minimum atomic E-state index is 0.465. The van der Waals surface area contributed by atoms with Crippen LogP contribution in [-0.4, -0.2) is 17.3 Å². The molecule has 0 saturated heterocycles. The molecule has 4 nitrogen and oxygen atoms in total. The van der Waals surface area contributed by atoms with Crippen molar-refractivity contribution in [1.29, 1.82) is 0 Å². The summed E-state index contributed by atoms with van der Waals surface area (Å²) in [6, 6.07) is 7.89. The molecule has 0 aliphatic carbocycles. The minimum absolute atomic E-state index is 0.465. The molecule has 0 heterocycles. The van der Waals surface area contributed by atoms with E-state index in [1.165, 1.54) is 0 Å². The average Bonchev–Trinajstić information content (AvgIpc) is 2.29. The SMILES string of the molecule is CNC(=S)NNC(=S)Nc1ccccc1C. The highest BCUT2D eigenvalue weighted by Crippen LogP contribution is 2.12. The topological polar surface area (TPSA) is 48.1 Å². The van der Waals surface area contributed by atoms with Gasteiger partial charge in [0, 0.05) is 12.7 Å². The second-order valence-electron chi connectivity index (χ2n) is 3.10. The van der Waals surface area contributed by atoms with Gasteiger partial charge >= 0.3 is 0 Å². The number of rotatable bonds is 1. The van der Waals surface area contributed by atoms with Crippen molar-refractivity contribution < 1.29 is 0 Å². The van der Waals surface area contributed by atoms with Crippen molar-refractivity contribution in [2.75, 3.05) is 12.4 Å². The van der Waals surface area contributed by atoms with E-state index >= 15 is 0 Å². The summed E-state index contributed by atoms with van der Waals surface area (Å²) in [4.78, 5) is 0. The van der Waals surface area contributed by atoms with Gasteiger partial charge in [-0.05, 0) is 43.0 Å². The van der Waals surface area contributed by atoms with Gasteiger partial charge in [-0.25, -0.2) is 0 Å². The Hall–Kier alpha value is -1.40. The van der Waals surface area contributed by atoms with Crippen molar-refractivity contribution >= 4 is 40.3 Å². The van der Waals surface area contributed by atoms with Crippen LogP contribution in [0, 0.1) is 6.92 Å². The number of benzene rings is 1. The molecule has 1 aromatic carbocycles. The molecule has 0 unspecified atom stereocenters. The molecule has 0 aliphatic rings. The molecule has 0 atom stereocenters. The molecule has 0 aromatic heterocycles. The van der Waals surface area contributed by atoms with E-state index < -0.39 is 0 Å². The molecule has 0 saturated carbocycles. The molecule has 0 fully saturated rings. The maximum Gasteiger partial charge on any atom is 0.189 e. The normalized spacial score (nSPS) is 9.12. The Kier molecular flexibility index (Phi) is 4.94. The van der Waals surface area contributed by atoms with Crippen molar-refractivity contribution in [3.8, 4) is 0 Å². The smallest absolute Gasteiger partial charge is 0.189 e. The van der Waals surface area contributed by atoms with E-state index in [1.807, 2.05) is 31.2 Å². The lowest BCUT2D eigenvalue weighted by molar-refractivity contribution is 0.853. The zero-order valence-electron chi connectivity index (χ0n) is 9.13. The fraction of sp³-hybridized carbons (Fsp3) is 0.200. The lowest BCUT2D eigenvalue weighted by atomic mass is 10.2. The summed E-state index contributed by atoms with van der Waals surface area (Å²) in [5, 5.41) is 6.77. The molecule has 1 rings (SSSR count). The Bertz CT molecular complexity index is 392. The molecule has 0 spiro atoms. The molecule has 0 amide bonds. The molecule has 16 heavy (non-hydrogen) atoms. The van der Waals surface area contributed by atoms with E-state index in [2.05, 4.69) is 21.5 Å². The van der Waals surface area contributed by atoms with E-state index in [0.29, 0.717) is 10.2 Å². The van der Waals surface area contributed by atoms with Crippen LogP contribution in [0.4, 0.5) is 5.69 Å². The molecular formula is C10H14N4S2. The number of hydrogen-bond donors (Lipinski definition) is 4. The maximum atomic E-state index is 5.09. The number of thiocarbonyl (C=S) groups is 2. The van der Waals surface area contributed by atoms with E-state index in [-0.39, 0.29) is 0 Å². The monoisotopic (exact) mass is 254 g/mol. The Morgan fingerprint density at radius 2 is 1.69 bits per heavy atom. The molecule has 1 aromatic rings. The van der Waals surface area contributed by atoms with E-state index in [1.54, 1.807) is 7.05 Å². The van der Waals surface area contributed by atoms with Crippen molar-refractivity contribution in [3.05, 3.63) is 29.8 Å². The first kappa shape index (κ1) is 12.7. The highest BCUT2D eigenvalue weighted by atomic mass is 32.1. The first-order valence-corrected chi connectivity index (χ1v) is 5.55. The van der Waals surface area contributed by atoms with Gasteiger partial charge in [0.1, 0.15) is 0 Å². The molecule has 0 radical (unpaired) electrons. The van der Waals surface area contributed by atoms with Crippen LogP contribution >= 0.6 is 24.4 Å². The fourth-order valence-corrected chi connectivity index (χ4v) is 1.25. The van der Waals surface area contributed by atoms with Gasteiger partial charge in [-0.3, -0.25) is 10.9 Å². The van der Waals surface area contributed by atoms with Gasteiger partial charge in [-0.1, -0.05) is 18.2 Å². The summed E-state index contributed by atoms with van der Waals surface area (Å²) in [6.45, 7) is 2.01. The van der Waals surface area contributed by atoms with Crippen molar-refractivity contribution in [1.82, 2.24) is 16.2 Å². The van der Waals surface area contributed by atoms with Gasteiger partial charge < -0.3 is 10.6 Å². The van der Waals surface area contributed by atoms with Crippen LogP contribution in [-0.2, 0) is 0 Å². The number of para-hydroxylation sites is 1. The minimum Gasteiger partial charge on any atom is -0.364 e. The van der Waals surface area contributed by atoms with Crippen LogP contribution < -0.4 is 21.5 Å². The van der Waals surface area contributed by atoms with Gasteiger partial charge in [0.15, 0.2) is 10.2 Å². The van der Waals surface area contributed by atoms with Crippen LogP contribution in [0.3, 0.4) is 0 Å². The second kappa shape index (κ2) is 6.24. The highest BCUT2D eigenvalue weighted by Gasteiger charge is 1.99. The largest absolute Gasteiger partial charge is 0.364 e. The van der Waals surface area contributed by atoms with E-state index in [4.69, 9.17) is 24.4 Å². The summed E-state index contributed by atoms with van der Waals surface area (Å²) in [5.74, 6) is 0. The Labute approximate surface area is 106 Å². The van der Waals surface area contributed by atoms with Gasteiger partial charge in [-0.2, -0.15) is 0 Å². The lowest BCUT2D eigenvalue weighted by Gasteiger charge is -2.13. The van der Waals surface area contributed by atoms with Crippen molar-refractivity contribution in [2.45, 2.75) is 6.92 Å². The molecule has 0 aliphatic heterocycles. The maximum absolute atomic E-state index is 5.09. The number of nitrogens with one attached hydrogen (secondary N) is 4. The lowest BCUT2D eigenvalue weighted by Crippen LogP contribution is -2.47. The summed E-state index contributed by atoms with van der Waals surface area (Å²) < 4.78 is 0. The molecule has 6 heteroatoms. The summed E-state index contributed by atoms with van der Waals surface area (Å²) in [7, 11) is 1.73. The summed E-state index contributed by atoms with van der Waals surface area (Å²) >= 11 is 9.98. The average molecular weight is 254 g/mol. The van der Waals surface area contributed by atoms with Crippen LogP contribution in [0.1, 0.15) is 5.56 Å². The predicted molar refractivity (Wildman–Crippen MR) is 75.3 cm³/mol. The van der Waals surface area contributed by atoms with Gasteiger partial charge in [0.05, 0.1) is 0 Å². The zero-order valence-corrected chi connectivity index (χ0v) is 10.8. The molecular weight excluding hydrogens is 240 g/mol. The number of anilines is 1. The number of hydrazine groups is 1. The Morgan fingerprint density at radius 3 is 2.31 bits per heavy atom. The number of aryl methyl sites for hydroxylation is 1. The van der Waals surface area contributed by atoms with E-state index in [0.717, 1.165) is 11.3 Å². The first-order chi connectivity index (χ1) is 7.63. The van der Waals surface area contributed by atoms with Crippen molar-refractivity contribution in [3.63, 3.8) is 0 Å². The summed E-state index contributed by atoms with van der Waals surface area (Å²) in [6.07, 6.45) is 0. The summed E-state index contributed by atoms with van der Waals surface area (Å²) in [5.41, 5.74) is 7.61. The van der Waals surface area contributed by atoms with Crippen molar-refractivity contribution in [2.24, 2.45) is 0 Å². The highest BCUT2D eigenvalue weighted by molar-refractivity contribution is 7.80. The quantitative estimate of drug-likeness (QED) is 0.447.